The first-order valence-electron chi connectivity index (χ1n) is 7.17. The second-order valence-corrected chi connectivity index (χ2v) is 5.22. The van der Waals surface area contributed by atoms with E-state index >= 15 is 0 Å². The number of pyridine rings is 1. The average molecular weight is 268 g/mol. The van der Waals surface area contributed by atoms with Crippen LogP contribution in [0.25, 0.3) is 0 Å². The number of aromatic nitrogens is 1. The van der Waals surface area contributed by atoms with Gasteiger partial charge in [-0.05, 0) is 48.6 Å². The van der Waals surface area contributed by atoms with Gasteiger partial charge in [-0.3, -0.25) is 4.98 Å². The number of aryl methyl sites for hydroxylation is 1. The van der Waals surface area contributed by atoms with Crippen molar-refractivity contribution in [2.75, 3.05) is 7.11 Å². The van der Waals surface area contributed by atoms with Crippen molar-refractivity contribution in [3.05, 3.63) is 59.4 Å². The third-order valence-electron chi connectivity index (χ3n) is 3.91. The van der Waals surface area contributed by atoms with Gasteiger partial charge in [0.05, 0.1) is 18.8 Å². The van der Waals surface area contributed by atoms with Crippen molar-refractivity contribution in [2.24, 2.45) is 0 Å². The summed E-state index contributed by atoms with van der Waals surface area (Å²) in [7, 11) is 1.69. The normalized spacial score (nSPS) is 17.6. The number of ether oxygens (including phenoxy) is 1. The highest BCUT2D eigenvalue weighted by Gasteiger charge is 2.20. The van der Waals surface area contributed by atoms with Crippen LogP contribution in [0.1, 0.15) is 35.7 Å². The van der Waals surface area contributed by atoms with Gasteiger partial charge in [-0.25, -0.2) is 0 Å². The highest BCUT2D eigenvalue weighted by molar-refractivity contribution is 5.28. The summed E-state index contributed by atoms with van der Waals surface area (Å²) < 4.78 is 5.18. The van der Waals surface area contributed by atoms with Gasteiger partial charge in [0.15, 0.2) is 0 Å². The molecule has 0 spiro atoms. The summed E-state index contributed by atoms with van der Waals surface area (Å²) in [6.07, 6.45) is 5.45. The van der Waals surface area contributed by atoms with E-state index in [4.69, 9.17) is 4.74 Å². The maximum Gasteiger partial charge on any atom is 0.118 e. The number of nitrogens with one attached hydrogen (secondary N) is 1. The zero-order valence-corrected chi connectivity index (χ0v) is 11.8. The summed E-state index contributed by atoms with van der Waals surface area (Å²) in [6, 6.07) is 12.8. The van der Waals surface area contributed by atoms with Crippen LogP contribution in [0, 0.1) is 0 Å². The van der Waals surface area contributed by atoms with E-state index < -0.39 is 0 Å². The van der Waals surface area contributed by atoms with Gasteiger partial charge >= 0.3 is 0 Å². The summed E-state index contributed by atoms with van der Waals surface area (Å²) >= 11 is 0. The Morgan fingerprint density at radius 2 is 2.10 bits per heavy atom. The first-order valence-corrected chi connectivity index (χ1v) is 7.17. The molecule has 2 aromatic rings. The van der Waals surface area contributed by atoms with Crippen LogP contribution in [-0.4, -0.2) is 12.1 Å². The number of rotatable bonds is 4. The standard InChI is InChI=1S/C17H20N2O/c1-20-15-9-7-13(8-10-15)12-19-16-6-2-4-14-5-3-11-18-17(14)16/h3,5,7-11,16,19H,2,4,6,12H2,1H3/t16-/m0/s1. The molecule has 3 rings (SSSR count). The highest BCUT2D eigenvalue weighted by atomic mass is 16.5. The van der Waals surface area contributed by atoms with Crippen LogP contribution in [0.3, 0.4) is 0 Å². The van der Waals surface area contributed by atoms with Gasteiger partial charge < -0.3 is 10.1 Å². The Morgan fingerprint density at radius 3 is 2.90 bits per heavy atom. The van der Waals surface area contributed by atoms with Gasteiger partial charge in [0.1, 0.15) is 5.75 Å². The SMILES string of the molecule is COc1ccc(CN[C@H]2CCCc3cccnc32)cc1. The minimum Gasteiger partial charge on any atom is -0.497 e. The number of hydrogen-bond donors (Lipinski definition) is 1. The van der Waals surface area contributed by atoms with E-state index in [-0.39, 0.29) is 0 Å². The lowest BCUT2D eigenvalue weighted by molar-refractivity contribution is 0.414. The van der Waals surface area contributed by atoms with E-state index in [1.807, 2.05) is 24.4 Å². The highest BCUT2D eigenvalue weighted by Crippen LogP contribution is 2.27. The van der Waals surface area contributed by atoms with E-state index in [1.165, 1.54) is 29.7 Å². The number of benzene rings is 1. The van der Waals surface area contributed by atoms with Crippen molar-refractivity contribution in [3.63, 3.8) is 0 Å². The maximum absolute atomic E-state index is 5.18. The van der Waals surface area contributed by atoms with Crippen molar-refractivity contribution >= 4 is 0 Å². The Labute approximate surface area is 120 Å². The second-order valence-electron chi connectivity index (χ2n) is 5.22. The summed E-state index contributed by atoms with van der Waals surface area (Å²) in [6.45, 7) is 0.866. The topological polar surface area (TPSA) is 34.1 Å². The molecule has 0 saturated heterocycles. The molecule has 1 aliphatic rings. The first kappa shape index (κ1) is 13.1. The lowest BCUT2D eigenvalue weighted by atomic mass is 9.92. The summed E-state index contributed by atoms with van der Waals surface area (Å²) in [4.78, 5) is 4.56. The molecular weight excluding hydrogens is 248 g/mol. The van der Waals surface area contributed by atoms with Gasteiger partial charge in [0, 0.05) is 12.7 Å². The molecule has 1 atom stereocenters. The van der Waals surface area contributed by atoms with Crippen LogP contribution >= 0.6 is 0 Å². The second kappa shape index (κ2) is 6.06. The molecule has 0 bridgehead atoms. The fourth-order valence-corrected chi connectivity index (χ4v) is 2.79. The van der Waals surface area contributed by atoms with E-state index in [1.54, 1.807) is 7.11 Å². The van der Waals surface area contributed by atoms with Crippen LogP contribution in [0.15, 0.2) is 42.6 Å². The minimum atomic E-state index is 0.377. The molecule has 1 aliphatic carbocycles. The molecule has 0 fully saturated rings. The average Bonchev–Trinajstić information content (AvgIpc) is 2.53. The molecule has 0 amide bonds. The van der Waals surface area contributed by atoms with E-state index in [0.717, 1.165) is 18.7 Å². The molecule has 0 radical (unpaired) electrons. The Kier molecular flexibility index (Phi) is 3.97. The van der Waals surface area contributed by atoms with E-state index in [2.05, 4.69) is 28.5 Å². The van der Waals surface area contributed by atoms with E-state index in [9.17, 15) is 0 Å². The molecule has 1 aromatic carbocycles. The fourth-order valence-electron chi connectivity index (χ4n) is 2.79. The van der Waals surface area contributed by atoms with Crippen molar-refractivity contribution < 1.29 is 4.74 Å². The Morgan fingerprint density at radius 1 is 1.25 bits per heavy atom. The third kappa shape index (κ3) is 2.83. The molecule has 1 aromatic heterocycles. The largest absolute Gasteiger partial charge is 0.497 e. The first-order chi connectivity index (χ1) is 9.86. The van der Waals surface area contributed by atoms with Crippen LogP contribution in [0.4, 0.5) is 0 Å². The number of nitrogens with zero attached hydrogens (tertiary/aromatic N) is 1. The Bertz CT molecular complexity index is 565. The van der Waals surface area contributed by atoms with Crippen molar-refractivity contribution in [1.29, 1.82) is 0 Å². The molecule has 0 saturated carbocycles. The molecule has 20 heavy (non-hydrogen) atoms. The van der Waals surface area contributed by atoms with Crippen LogP contribution < -0.4 is 10.1 Å². The van der Waals surface area contributed by atoms with Crippen LogP contribution in [0.2, 0.25) is 0 Å². The summed E-state index contributed by atoms with van der Waals surface area (Å²) in [5.74, 6) is 0.901. The van der Waals surface area contributed by atoms with Crippen molar-refractivity contribution in [3.8, 4) is 5.75 Å². The molecule has 1 heterocycles. The van der Waals surface area contributed by atoms with Crippen LogP contribution in [0.5, 0.6) is 5.75 Å². The van der Waals surface area contributed by atoms with Gasteiger partial charge in [0.25, 0.3) is 0 Å². The third-order valence-corrected chi connectivity index (χ3v) is 3.91. The summed E-state index contributed by atoms with van der Waals surface area (Å²) in [5.41, 5.74) is 3.90. The lowest BCUT2D eigenvalue weighted by Gasteiger charge is -2.25. The molecule has 1 N–H and O–H groups in total. The fraction of sp³-hybridized carbons (Fsp3) is 0.353. The zero-order chi connectivity index (χ0) is 13.8. The zero-order valence-electron chi connectivity index (χ0n) is 11.8. The van der Waals surface area contributed by atoms with Crippen molar-refractivity contribution in [1.82, 2.24) is 10.3 Å². The van der Waals surface area contributed by atoms with Gasteiger partial charge in [0.2, 0.25) is 0 Å². The predicted molar refractivity (Wildman–Crippen MR) is 79.7 cm³/mol. The monoisotopic (exact) mass is 268 g/mol. The smallest absolute Gasteiger partial charge is 0.118 e. The number of hydrogen-bond acceptors (Lipinski definition) is 3. The molecule has 0 aliphatic heterocycles. The molecule has 3 heteroatoms. The number of fused-ring (bicyclic) bond motifs is 1. The summed E-state index contributed by atoms with van der Waals surface area (Å²) in [5, 5.41) is 3.63. The van der Waals surface area contributed by atoms with Gasteiger partial charge in [-0.2, -0.15) is 0 Å². The minimum absolute atomic E-state index is 0.377. The van der Waals surface area contributed by atoms with E-state index in [0.29, 0.717) is 6.04 Å². The number of methoxy groups -OCH3 is 1. The lowest BCUT2D eigenvalue weighted by Crippen LogP contribution is -2.25. The molecule has 3 nitrogen and oxygen atoms in total. The quantitative estimate of drug-likeness (QED) is 0.924. The Balaban J connectivity index is 1.66. The molecule has 104 valence electrons. The van der Waals surface area contributed by atoms with Gasteiger partial charge in [-0.1, -0.05) is 18.2 Å². The predicted octanol–water partition coefficient (Wildman–Crippen LogP) is 3.26. The van der Waals surface area contributed by atoms with Gasteiger partial charge in [-0.15, -0.1) is 0 Å². The molecular formula is C17H20N2O. The van der Waals surface area contributed by atoms with Crippen LogP contribution in [-0.2, 0) is 13.0 Å². The maximum atomic E-state index is 5.18. The Hall–Kier alpha value is -1.87. The molecule has 0 unspecified atom stereocenters. The van der Waals surface area contributed by atoms with Crippen molar-refractivity contribution in [2.45, 2.75) is 31.8 Å².